The van der Waals surface area contributed by atoms with Crippen LogP contribution in [-0.2, 0) is 16.1 Å². The summed E-state index contributed by atoms with van der Waals surface area (Å²) in [5, 5.41) is 0. The molecule has 0 amide bonds. The quantitative estimate of drug-likeness (QED) is 0.401. The number of hydrogen-bond acceptors (Lipinski definition) is 4. The Balaban J connectivity index is 1.51. The van der Waals surface area contributed by atoms with Crippen LogP contribution in [0.25, 0.3) is 6.08 Å². The summed E-state index contributed by atoms with van der Waals surface area (Å²) in [5.74, 6) is 0.565. The summed E-state index contributed by atoms with van der Waals surface area (Å²) >= 11 is 3.39. The molecule has 0 atom stereocenters. The minimum absolute atomic E-state index is 0.262. The third-order valence-electron chi connectivity index (χ3n) is 4.12. The van der Waals surface area contributed by atoms with Crippen LogP contribution in [0.4, 0.5) is 0 Å². The highest BCUT2D eigenvalue weighted by molar-refractivity contribution is 9.10. The molecule has 0 aliphatic carbocycles. The highest BCUT2D eigenvalue weighted by Crippen LogP contribution is 2.22. The van der Waals surface area contributed by atoms with Crippen molar-refractivity contribution < 1.29 is 14.3 Å². The van der Waals surface area contributed by atoms with Gasteiger partial charge in [0.05, 0.1) is 0 Å². The lowest BCUT2D eigenvalue weighted by Crippen LogP contribution is -2.05. The van der Waals surface area contributed by atoms with Gasteiger partial charge in [0.1, 0.15) is 12.4 Å². The van der Waals surface area contributed by atoms with E-state index in [0.29, 0.717) is 12.5 Å². The first kappa shape index (κ1) is 18.2. The van der Waals surface area contributed by atoms with Crippen LogP contribution < -0.4 is 4.74 Å². The highest BCUT2D eigenvalue weighted by atomic mass is 79.9. The van der Waals surface area contributed by atoms with E-state index in [4.69, 9.17) is 9.47 Å². The van der Waals surface area contributed by atoms with Crippen molar-refractivity contribution in [3.63, 3.8) is 0 Å². The molecule has 5 heteroatoms. The van der Waals surface area contributed by atoms with E-state index in [1.807, 2.05) is 78.9 Å². The number of carbonyl (C=O) groups excluding carboxylic acids is 1. The fraction of sp³-hybridized carbons (Fsp3) is 0.0435. The van der Waals surface area contributed by atoms with Crippen LogP contribution in [0.5, 0.6) is 5.75 Å². The van der Waals surface area contributed by atoms with Gasteiger partial charge in [0.25, 0.3) is 0 Å². The number of cyclic esters (lactones) is 1. The molecule has 0 unspecified atom stereocenters. The van der Waals surface area contributed by atoms with Gasteiger partial charge < -0.3 is 9.47 Å². The number of esters is 1. The summed E-state index contributed by atoms with van der Waals surface area (Å²) in [5.41, 5.74) is 2.92. The van der Waals surface area contributed by atoms with Crippen LogP contribution in [-0.4, -0.2) is 11.9 Å². The third-order valence-corrected chi connectivity index (χ3v) is 4.65. The van der Waals surface area contributed by atoms with Crippen LogP contribution in [0.15, 0.2) is 94.0 Å². The molecule has 0 fully saturated rings. The lowest BCUT2D eigenvalue weighted by Gasteiger charge is -2.07. The second kappa shape index (κ2) is 8.23. The van der Waals surface area contributed by atoms with Gasteiger partial charge in [0, 0.05) is 10.0 Å². The zero-order valence-corrected chi connectivity index (χ0v) is 16.4. The maximum Gasteiger partial charge on any atom is 0.363 e. The van der Waals surface area contributed by atoms with E-state index >= 15 is 0 Å². The molecule has 4 nitrogen and oxygen atoms in total. The van der Waals surface area contributed by atoms with E-state index in [1.54, 1.807) is 6.08 Å². The van der Waals surface area contributed by atoms with E-state index < -0.39 is 5.97 Å². The smallest absolute Gasteiger partial charge is 0.363 e. The maximum absolute atomic E-state index is 12.2. The summed E-state index contributed by atoms with van der Waals surface area (Å²) in [6.45, 7) is 0.481. The average molecular weight is 434 g/mol. The highest BCUT2D eigenvalue weighted by Gasteiger charge is 2.24. The lowest BCUT2D eigenvalue weighted by atomic mass is 10.2. The van der Waals surface area contributed by atoms with Crippen molar-refractivity contribution >= 4 is 33.9 Å². The van der Waals surface area contributed by atoms with Crippen molar-refractivity contribution in [2.24, 2.45) is 4.99 Å². The number of carbonyl (C=O) groups is 1. The summed E-state index contributed by atoms with van der Waals surface area (Å²) in [6.07, 6.45) is 1.70. The Bertz CT molecular complexity index is 1060. The Hall–Kier alpha value is -3.18. The monoisotopic (exact) mass is 433 g/mol. The van der Waals surface area contributed by atoms with E-state index in [9.17, 15) is 4.79 Å². The van der Waals surface area contributed by atoms with Crippen LogP contribution in [0, 0.1) is 0 Å². The van der Waals surface area contributed by atoms with Crippen LogP contribution in [0.2, 0.25) is 0 Å². The SMILES string of the molecule is O=C1OC(c2ccc(Br)cc2)=N/C1=C/c1cccc(OCc2ccccc2)c1. The molecule has 0 saturated heterocycles. The Labute approximate surface area is 171 Å². The standard InChI is InChI=1S/C23H16BrNO3/c24-19-11-9-18(10-12-19)22-25-21(23(26)28-22)14-17-7-4-8-20(13-17)27-15-16-5-2-1-3-6-16/h1-14H,15H2/b21-14+. The Morgan fingerprint density at radius 3 is 2.54 bits per heavy atom. The summed E-state index contributed by atoms with van der Waals surface area (Å²) in [7, 11) is 0. The number of halogens is 1. The van der Waals surface area contributed by atoms with Crippen LogP contribution in [0.3, 0.4) is 0 Å². The molecule has 3 aromatic carbocycles. The molecule has 3 aromatic rings. The molecule has 0 bridgehead atoms. The van der Waals surface area contributed by atoms with E-state index in [1.165, 1.54) is 0 Å². The van der Waals surface area contributed by atoms with E-state index in [0.717, 1.165) is 26.9 Å². The van der Waals surface area contributed by atoms with Crippen molar-refractivity contribution in [2.45, 2.75) is 6.61 Å². The normalized spacial score (nSPS) is 14.7. The molecule has 28 heavy (non-hydrogen) atoms. The largest absolute Gasteiger partial charge is 0.489 e. The molecule has 0 N–H and O–H groups in total. The molecule has 1 aliphatic rings. The topological polar surface area (TPSA) is 47.9 Å². The summed E-state index contributed by atoms with van der Waals surface area (Å²) < 4.78 is 12.1. The Morgan fingerprint density at radius 2 is 1.75 bits per heavy atom. The first-order valence-electron chi connectivity index (χ1n) is 8.73. The molecule has 0 radical (unpaired) electrons. The van der Waals surface area contributed by atoms with E-state index in [2.05, 4.69) is 20.9 Å². The van der Waals surface area contributed by atoms with Crippen molar-refractivity contribution in [3.8, 4) is 5.75 Å². The maximum atomic E-state index is 12.2. The zero-order chi connectivity index (χ0) is 19.3. The zero-order valence-electron chi connectivity index (χ0n) is 14.8. The van der Waals surface area contributed by atoms with Gasteiger partial charge in [0.2, 0.25) is 5.90 Å². The number of rotatable bonds is 5. The van der Waals surface area contributed by atoms with Gasteiger partial charge in [-0.3, -0.25) is 0 Å². The minimum Gasteiger partial charge on any atom is -0.489 e. The number of aliphatic imine (C=N–C) groups is 1. The number of nitrogens with zero attached hydrogens (tertiary/aromatic N) is 1. The molecule has 0 aromatic heterocycles. The molecule has 4 rings (SSSR count). The molecule has 0 spiro atoms. The van der Waals surface area contributed by atoms with Crippen LogP contribution >= 0.6 is 15.9 Å². The average Bonchev–Trinajstić information content (AvgIpc) is 3.08. The molecule has 138 valence electrons. The molecule has 1 heterocycles. The number of benzene rings is 3. The van der Waals surface area contributed by atoms with Gasteiger partial charge in [-0.1, -0.05) is 58.4 Å². The third kappa shape index (κ3) is 4.38. The first-order valence-corrected chi connectivity index (χ1v) is 9.52. The van der Waals surface area contributed by atoms with Crippen LogP contribution in [0.1, 0.15) is 16.7 Å². The van der Waals surface area contributed by atoms with Gasteiger partial charge in [-0.05, 0) is 53.6 Å². The van der Waals surface area contributed by atoms with Gasteiger partial charge in [-0.2, -0.15) is 0 Å². The van der Waals surface area contributed by atoms with Gasteiger partial charge in [-0.15, -0.1) is 0 Å². The van der Waals surface area contributed by atoms with Gasteiger partial charge in [0.15, 0.2) is 5.70 Å². The second-order valence-electron chi connectivity index (χ2n) is 6.19. The van der Waals surface area contributed by atoms with Crippen molar-refractivity contribution in [1.29, 1.82) is 0 Å². The first-order chi connectivity index (χ1) is 13.7. The molecule has 1 aliphatic heterocycles. The van der Waals surface area contributed by atoms with Gasteiger partial charge >= 0.3 is 5.97 Å². The number of hydrogen-bond donors (Lipinski definition) is 0. The molecular formula is C23H16BrNO3. The fourth-order valence-corrected chi connectivity index (χ4v) is 2.98. The Kier molecular flexibility index (Phi) is 5.35. The molecular weight excluding hydrogens is 418 g/mol. The fourth-order valence-electron chi connectivity index (χ4n) is 2.72. The minimum atomic E-state index is -0.464. The predicted molar refractivity (Wildman–Crippen MR) is 112 cm³/mol. The van der Waals surface area contributed by atoms with Crippen molar-refractivity contribution in [2.75, 3.05) is 0 Å². The second-order valence-corrected chi connectivity index (χ2v) is 7.11. The molecule has 0 saturated carbocycles. The van der Waals surface area contributed by atoms with Crippen molar-refractivity contribution in [1.82, 2.24) is 0 Å². The summed E-state index contributed by atoms with van der Waals surface area (Å²) in [6, 6.07) is 24.9. The predicted octanol–water partition coefficient (Wildman–Crippen LogP) is 5.37. The summed E-state index contributed by atoms with van der Waals surface area (Å²) in [4.78, 5) is 16.5. The van der Waals surface area contributed by atoms with E-state index in [-0.39, 0.29) is 5.70 Å². The number of ether oxygens (including phenoxy) is 2. The Morgan fingerprint density at radius 1 is 0.964 bits per heavy atom. The van der Waals surface area contributed by atoms with Crippen molar-refractivity contribution in [3.05, 3.63) is 106 Å². The van der Waals surface area contributed by atoms with Gasteiger partial charge in [-0.25, -0.2) is 9.79 Å². The lowest BCUT2D eigenvalue weighted by molar-refractivity contribution is -0.129.